The maximum atomic E-state index is 13.2. The first-order valence-electron chi connectivity index (χ1n) is 9.54. The van der Waals surface area contributed by atoms with E-state index in [1.807, 2.05) is 6.92 Å². The van der Waals surface area contributed by atoms with E-state index >= 15 is 0 Å². The van der Waals surface area contributed by atoms with E-state index in [0.717, 1.165) is 0 Å². The van der Waals surface area contributed by atoms with Crippen molar-refractivity contribution in [3.8, 4) is 5.75 Å². The molecule has 0 aliphatic carbocycles. The van der Waals surface area contributed by atoms with Crippen molar-refractivity contribution in [1.29, 1.82) is 0 Å². The number of carbonyl (C=O) groups excluding carboxylic acids is 2. The number of ether oxygens (including phenoxy) is 1. The average Bonchev–Trinajstić information content (AvgIpc) is 3.32. The molecule has 2 heterocycles. The second-order valence-corrected chi connectivity index (χ2v) is 7.60. The van der Waals surface area contributed by atoms with Crippen LogP contribution in [0.25, 0.3) is 0 Å². The second kappa shape index (κ2) is 10.0. The lowest BCUT2D eigenvalue weighted by atomic mass is 10.2. The summed E-state index contributed by atoms with van der Waals surface area (Å²) in [6, 6.07) is 5.53. The molecule has 0 unspecified atom stereocenters. The van der Waals surface area contributed by atoms with Crippen molar-refractivity contribution in [2.24, 2.45) is 0 Å². The Labute approximate surface area is 182 Å². The molecule has 2 N–H and O–H groups in total. The molecule has 0 atom stereocenters. The Morgan fingerprint density at radius 1 is 1.35 bits per heavy atom. The van der Waals surface area contributed by atoms with Gasteiger partial charge in [0.05, 0.1) is 18.4 Å². The average molecular weight is 447 g/mol. The van der Waals surface area contributed by atoms with Crippen LogP contribution in [0, 0.1) is 12.7 Å². The van der Waals surface area contributed by atoms with E-state index in [-0.39, 0.29) is 18.9 Å². The lowest BCUT2D eigenvalue weighted by Gasteiger charge is -2.15. The highest BCUT2D eigenvalue weighted by atomic mass is 32.1. The number of urea groups is 1. The van der Waals surface area contributed by atoms with Gasteiger partial charge in [0, 0.05) is 25.5 Å². The molecule has 0 bridgehead atoms. The standard InChI is InChI=1S/C20H23FN6O3S/c1-4-27-11-17(13(2)25-27)30-20(29)26(3)10-16-12-31-19(23-16)24-18(28)22-9-14-6-5-7-15(21)8-14/h5-8,11-12H,4,9-10H2,1-3H3,(H2,22,23,24,28). The Bertz CT molecular complexity index is 1070. The van der Waals surface area contributed by atoms with Crippen molar-refractivity contribution in [2.75, 3.05) is 12.4 Å². The number of halogens is 1. The van der Waals surface area contributed by atoms with Crippen LogP contribution in [0.2, 0.25) is 0 Å². The van der Waals surface area contributed by atoms with Gasteiger partial charge in [0.25, 0.3) is 0 Å². The Hall–Kier alpha value is -3.47. The number of carbonyl (C=O) groups is 2. The van der Waals surface area contributed by atoms with Gasteiger partial charge in [0.2, 0.25) is 0 Å². The van der Waals surface area contributed by atoms with Gasteiger partial charge in [-0.05, 0) is 31.5 Å². The van der Waals surface area contributed by atoms with E-state index in [4.69, 9.17) is 4.74 Å². The summed E-state index contributed by atoms with van der Waals surface area (Å²) in [6.07, 6.45) is 1.14. The molecule has 0 saturated heterocycles. The summed E-state index contributed by atoms with van der Waals surface area (Å²) in [5.74, 6) is 0.0515. The summed E-state index contributed by atoms with van der Waals surface area (Å²) < 4.78 is 20.3. The Kier molecular flexibility index (Phi) is 7.19. The largest absolute Gasteiger partial charge is 0.415 e. The van der Waals surface area contributed by atoms with Gasteiger partial charge in [-0.2, -0.15) is 5.10 Å². The molecule has 3 amide bonds. The zero-order chi connectivity index (χ0) is 22.4. The summed E-state index contributed by atoms with van der Waals surface area (Å²) in [6.45, 7) is 4.79. The first-order valence-corrected chi connectivity index (χ1v) is 10.4. The van der Waals surface area contributed by atoms with Gasteiger partial charge in [-0.15, -0.1) is 11.3 Å². The molecule has 0 saturated carbocycles. The fourth-order valence-corrected chi connectivity index (χ4v) is 3.35. The normalized spacial score (nSPS) is 10.6. The first-order chi connectivity index (χ1) is 14.8. The lowest BCUT2D eigenvalue weighted by Crippen LogP contribution is -2.29. The van der Waals surface area contributed by atoms with E-state index in [1.165, 1.54) is 28.4 Å². The Balaban J connectivity index is 1.48. The zero-order valence-corrected chi connectivity index (χ0v) is 18.2. The molecular weight excluding hydrogens is 423 g/mol. The maximum absolute atomic E-state index is 13.2. The van der Waals surface area contributed by atoms with E-state index < -0.39 is 12.1 Å². The zero-order valence-electron chi connectivity index (χ0n) is 17.4. The van der Waals surface area contributed by atoms with Gasteiger partial charge in [-0.3, -0.25) is 10.00 Å². The van der Waals surface area contributed by atoms with Crippen molar-refractivity contribution < 1.29 is 18.7 Å². The van der Waals surface area contributed by atoms with E-state index in [9.17, 15) is 14.0 Å². The molecule has 3 aromatic rings. The Morgan fingerprint density at radius 2 is 2.16 bits per heavy atom. The monoisotopic (exact) mass is 446 g/mol. The molecule has 1 aromatic carbocycles. The highest BCUT2D eigenvalue weighted by Gasteiger charge is 2.17. The number of rotatable bonds is 7. The molecule has 9 nitrogen and oxygen atoms in total. The minimum Gasteiger partial charge on any atom is -0.407 e. The molecule has 0 fully saturated rings. The number of aryl methyl sites for hydroxylation is 2. The van der Waals surface area contributed by atoms with Crippen LogP contribution in [0.3, 0.4) is 0 Å². The van der Waals surface area contributed by atoms with Crippen molar-refractivity contribution >= 4 is 28.6 Å². The molecule has 164 valence electrons. The van der Waals surface area contributed by atoms with Gasteiger partial charge >= 0.3 is 12.1 Å². The summed E-state index contributed by atoms with van der Waals surface area (Å²) >= 11 is 1.23. The van der Waals surface area contributed by atoms with E-state index in [1.54, 1.807) is 42.4 Å². The quantitative estimate of drug-likeness (QED) is 0.575. The smallest absolute Gasteiger partial charge is 0.407 e. The number of nitrogens with one attached hydrogen (secondary N) is 2. The molecule has 2 aromatic heterocycles. The first kappa shape index (κ1) is 22.2. The number of thiazole rings is 1. The molecule has 0 aliphatic rings. The minimum atomic E-state index is -0.533. The van der Waals surface area contributed by atoms with Crippen LogP contribution >= 0.6 is 11.3 Å². The molecule has 11 heteroatoms. The van der Waals surface area contributed by atoms with E-state index in [2.05, 4.69) is 20.7 Å². The van der Waals surface area contributed by atoms with Gasteiger partial charge < -0.3 is 15.0 Å². The van der Waals surface area contributed by atoms with Gasteiger partial charge in [-0.25, -0.2) is 19.0 Å². The molecule has 0 aliphatic heterocycles. The summed E-state index contributed by atoms with van der Waals surface area (Å²) in [5.41, 5.74) is 1.88. The minimum absolute atomic E-state index is 0.185. The van der Waals surface area contributed by atoms with Crippen LogP contribution < -0.4 is 15.4 Å². The lowest BCUT2D eigenvalue weighted by molar-refractivity contribution is 0.160. The van der Waals surface area contributed by atoms with Crippen molar-refractivity contribution in [1.82, 2.24) is 25.0 Å². The maximum Gasteiger partial charge on any atom is 0.415 e. The van der Waals surface area contributed by atoms with Crippen LogP contribution in [-0.4, -0.2) is 38.8 Å². The van der Waals surface area contributed by atoms with Crippen LogP contribution in [0.15, 0.2) is 35.8 Å². The summed E-state index contributed by atoms with van der Waals surface area (Å²) in [5, 5.41) is 11.6. The summed E-state index contributed by atoms with van der Waals surface area (Å²) in [7, 11) is 1.60. The number of benzene rings is 1. The number of nitrogens with zero attached hydrogens (tertiary/aromatic N) is 4. The third-order valence-corrected chi connectivity index (χ3v) is 5.05. The predicted molar refractivity (Wildman–Crippen MR) is 115 cm³/mol. The predicted octanol–water partition coefficient (Wildman–Crippen LogP) is 3.76. The Morgan fingerprint density at radius 3 is 2.87 bits per heavy atom. The molecule has 0 radical (unpaired) electrons. The molecule has 3 rings (SSSR count). The summed E-state index contributed by atoms with van der Waals surface area (Å²) in [4.78, 5) is 30.0. The van der Waals surface area contributed by atoms with Crippen molar-refractivity contribution in [2.45, 2.75) is 33.5 Å². The number of amides is 3. The molecular formula is C20H23FN6O3S. The fourth-order valence-electron chi connectivity index (χ4n) is 2.65. The highest BCUT2D eigenvalue weighted by Crippen LogP contribution is 2.19. The van der Waals surface area contributed by atoms with Crippen LogP contribution in [0.4, 0.5) is 19.1 Å². The fraction of sp³-hybridized carbons (Fsp3) is 0.300. The van der Waals surface area contributed by atoms with Gasteiger partial charge in [0.15, 0.2) is 10.9 Å². The SMILES string of the molecule is CCn1cc(OC(=O)N(C)Cc2csc(NC(=O)NCc3cccc(F)c3)n2)c(C)n1. The van der Waals surface area contributed by atoms with Crippen LogP contribution in [-0.2, 0) is 19.6 Å². The topological polar surface area (TPSA) is 101 Å². The van der Waals surface area contributed by atoms with Crippen LogP contribution in [0.5, 0.6) is 5.75 Å². The van der Waals surface area contributed by atoms with Gasteiger partial charge in [-0.1, -0.05) is 12.1 Å². The number of aromatic nitrogens is 3. The molecule has 31 heavy (non-hydrogen) atoms. The number of anilines is 1. The highest BCUT2D eigenvalue weighted by molar-refractivity contribution is 7.13. The second-order valence-electron chi connectivity index (χ2n) is 6.74. The number of hydrogen-bond donors (Lipinski definition) is 2. The van der Waals surface area contributed by atoms with Crippen molar-refractivity contribution in [3.05, 3.63) is 58.6 Å². The van der Waals surface area contributed by atoms with Crippen LogP contribution in [0.1, 0.15) is 23.9 Å². The van der Waals surface area contributed by atoms with Crippen molar-refractivity contribution in [3.63, 3.8) is 0 Å². The van der Waals surface area contributed by atoms with E-state index in [0.29, 0.717) is 34.4 Å². The third kappa shape index (κ3) is 6.25. The molecule has 0 spiro atoms. The van der Waals surface area contributed by atoms with Gasteiger partial charge in [0.1, 0.15) is 11.5 Å². The number of hydrogen-bond acceptors (Lipinski definition) is 6. The third-order valence-electron chi connectivity index (χ3n) is 4.25.